The summed E-state index contributed by atoms with van der Waals surface area (Å²) in [6, 6.07) is 1.54. The number of ether oxygens (including phenoxy) is 1. The number of nitrogens with zero attached hydrogens (tertiary/aromatic N) is 2. The molecule has 1 fully saturated rings. The molecular weight excluding hydrogens is 291 g/mol. The van der Waals surface area contributed by atoms with Gasteiger partial charge in [-0.3, -0.25) is 14.5 Å². The molecule has 7 heteroatoms. The number of hydrogen-bond donors (Lipinski definition) is 0. The summed E-state index contributed by atoms with van der Waals surface area (Å²) in [5.41, 5.74) is 0.579. The predicted molar refractivity (Wildman–Crippen MR) is 71.5 cm³/mol. The van der Waals surface area contributed by atoms with E-state index in [1.807, 2.05) is 0 Å². The molecule has 2 heterocycles. The lowest BCUT2D eigenvalue weighted by molar-refractivity contribution is -0.145. The SMILES string of the molecule is COC(=O)C1CC(=O)N(c2nc(C)c(Cl)cc2Cl)C1. The van der Waals surface area contributed by atoms with Crippen LogP contribution in [0.3, 0.4) is 0 Å². The van der Waals surface area contributed by atoms with E-state index in [1.54, 1.807) is 13.0 Å². The van der Waals surface area contributed by atoms with Crippen molar-refractivity contribution in [3.05, 3.63) is 21.8 Å². The van der Waals surface area contributed by atoms with Gasteiger partial charge in [-0.2, -0.15) is 0 Å². The van der Waals surface area contributed by atoms with E-state index in [0.717, 1.165) is 0 Å². The first kappa shape index (κ1) is 14.1. The number of pyridine rings is 1. The third-order valence-corrected chi connectivity index (χ3v) is 3.66. The molecule has 0 aliphatic carbocycles. The number of amides is 1. The summed E-state index contributed by atoms with van der Waals surface area (Å²) in [4.78, 5) is 29.0. The number of esters is 1. The van der Waals surface area contributed by atoms with Crippen molar-refractivity contribution in [2.75, 3.05) is 18.6 Å². The maximum absolute atomic E-state index is 11.9. The van der Waals surface area contributed by atoms with E-state index >= 15 is 0 Å². The average molecular weight is 303 g/mol. The largest absolute Gasteiger partial charge is 0.469 e. The molecule has 19 heavy (non-hydrogen) atoms. The van der Waals surface area contributed by atoms with E-state index in [9.17, 15) is 9.59 Å². The van der Waals surface area contributed by atoms with E-state index in [1.165, 1.54) is 12.0 Å². The van der Waals surface area contributed by atoms with Crippen molar-refractivity contribution < 1.29 is 14.3 Å². The van der Waals surface area contributed by atoms with E-state index < -0.39 is 11.9 Å². The first-order valence-electron chi connectivity index (χ1n) is 5.65. The highest BCUT2D eigenvalue weighted by Crippen LogP contribution is 2.32. The molecule has 1 saturated heterocycles. The van der Waals surface area contributed by atoms with Crippen LogP contribution >= 0.6 is 23.2 Å². The lowest BCUT2D eigenvalue weighted by Gasteiger charge is -2.17. The minimum atomic E-state index is -0.480. The molecule has 1 aliphatic heterocycles. The van der Waals surface area contributed by atoms with E-state index in [-0.39, 0.29) is 23.9 Å². The Morgan fingerprint density at radius 3 is 2.79 bits per heavy atom. The highest BCUT2D eigenvalue weighted by molar-refractivity contribution is 6.36. The summed E-state index contributed by atoms with van der Waals surface area (Å²) in [5.74, 6) is -0.754. The molecule has 0 radical (unpaired) electrons. The fourth-order valence-electron chi connectivity index (χ4n) is 1.97. The number of aromatic nitrogens is 1. The van der Waals surface area contributed by atoms with Crippen LogP contribution in [-0.2, 0) is 14.3 Å². The number of carbonyl (C=O) groups is 2. The molecule has 0 saturated carbocycles. The molecule has 5 nitrogen and oxygen atoms in total. The zero-order valence-corrected chi connectivity index (χ0v) is 12.0. The molecule has 1 aromatic heterocycles. The summed E-state index contributed by atoms with van der Waals surface area (Å²) < 4.78 is 4.65. The van der Waals surface area contributed by atoms with Crippen molar-refractivity contribution in [1.82, 2.24) is 4.98 Å². The second-order valence-corrected chi connectivity index (χ2v) is 5.10. The van der Waals surface area contributed by atoms with Crippen molar-refractivity contribution in [2.45, 2.75) is 13.3 Å². The van der Waals surface area contributed by atoms with E-state index in [0.29, 0.717) is 16.5 Å². The van der Waals surface area contributed by atoms with Crippen LogP contribution in [0.15, 0.2) is 6.07 Å². The molecular formula is C12H12Cl2N2O3. The van der Waals surface area contributed by atoms with Crippen LogP contribution < -0.4 is 4.90 Å². The Morgan fingerprint density at radius 1 is 1.47 bits per heavy atom. The number of aryl methyl sites for hydroxylation is 1. The van der Waals surface area contributed by atoms with Gasteiger partial charge in [-0.25, -0.2) is 4.98 Å². The fourth-order valence-corrected chi connectivity index (χ4v) is 2.43. The lowest BCUT2D eigenvalue weighted by atomic mass is 10.1. The van der Waals surface area contributed by atoms with Gasteiger partial charge in [-0.1, -0.05) is 23.2 Å². The monoisotopic (exact) mass is 302 g/mol. The minimum absolute atomic E-state index is 0.104. The van der Waals surface area contributed by atoms with Crippen LogP contribution in [0.1, 0.15) is 12.1 Å². The zero-order chi connectivity index (χ0) is 14.2. The number of methoxy groups -OCH3 is 1. The van der Waals surface area contributed by atoms with Crippen LogP contribution in [0.4, 0.5) is 5.82 Å². The molecule has 1 atom stereocenters. The molecule has 1 unspecified atom stereocenters. The normalized spacial score (nSPS) is 18.8. The van der Waals surface area contributed by atoms with Gasteiger partial charge in [0.05, 0.1) is 28.8 Å². The summed E-state index contributed by atoms with van der Waals surface area (Å²) in [6.45, 7) is 1.94. The summed E-state index contributed by atoms with van der Waals surface area (Å²) in [7, 11) is 1.30. The molecule has 0 bridgehead atoms. The zero-order valence-electron chi connectivity index (χ0n) is 10.4. The minimum Gasteiger partial charge on any atom is -0.469 e. The standard InChI is InChI=1S/C12H12Cl2N2O3/c1-6-8(13)4-9(14)11(15-6)16-5-7(3-10(16)17)12(18)19-2/h4,7H,3,5H2,1-2H3. The number of carbonyl (C=O) groups excluding carboxylic acids is 2. The smallest absolute Gasteiger partial charge is 0.311 e. The van der Waals surface area contributed by atoms with Crippen molar-refractivity contribution >= 4 is 40.9 Å². The second-order valence-electron chi connectivity index (χ2n) is 4.29. The number of halogens is 2. The Balaban J connectivity index is 2.30. The quantitative estimate of drug-likeness (QED) is 0.786. The Bertz CT molecular complexity index is 548. The Labute approximate surface area is 120 Å². The molecule has 2 rings (SSSR count). The molecule has 1 aliphatic rings. The number of hydrogen-bond acceptors (Lipinski definition) is 4. The van der Waals surface area contributed by atoms with Crippen LogP contribution in [0.5, 0.6) is 0 Å². The average Bonchev–Trinajstić information content (AvgIpc) is 2.75. The Kier molecular flexibility index (Phi) is 3.96. The first-order valence-corrected chi connectivity index (χ1v) is 6.40. The van der Waals surface area contributed by atoms with Crippen molar-refractivity contribution in [3.63, 3.8) is 0 Å². The van der Waals surface area contributed by atoms with Gasteiger partial charge in [0.1, 0.15) is 0 Å². The number of rotatable bonds is 2. The Morgan fingerprint density at radius 2 is 2.16 bits per heavy atom. The van der Waals surface area contributed by atoms with Crippen LogP contribution in [0.25, 0.3) is 0 Å². The van der Waals surface area contributed by atoms with Gasteiger partial charge in [0.25, 0.3) is 0 Å². The topological polar surface area (TPSA) is 59.5 Å². The van der Waals surface area contributed by atoms with Crippen LogP contribution in [0, 0.1) is 12.8 Å². The van der Waals surface area contributed by atoms with Gasteiger partial charge < -0.3 is 4.74 Å². The third-order valence-electron chi connectivity index (χ3n) is 3.00. The third kappa shape index (κ3) is 2.67. The van der Waals surface area contributed by atoms with Crippen LogP contribution in [0.2, 0.25) is 10.0 Å². The maximum atomic E-state index is 11.9. The fraction of sp³-hybridized carbons (Fsp3) is 0.417. The van der Waals surface area contributed by atoms with Gasteiger partial charge in [0.15, 0.2) is 5.82 Å². The van der Waals surface area contributed by atoms with Gasteiger partial charge >= 0.3 is 5.97 Å². The van der Waals surface area contributed by atoms with Crippen molar-refractivity contribution in [1.29, 1.82) is 0 Å². The predicted octanol–water partition coefficient (Wildman–Crippen LogP) is 2.22. The highest BCUT2D eigenvalue weighted by atomic mass is 35.5. The van der Waals surface area contributed by atoms with Crippen molar-refractivity contribution in [2.24, 2.45) is 5.92 Å². The van der Waals surface area contributed by atoms with E-state index in [4.69, 9.17) is 23.2 Å². The Hall–Kier alpha value is -1.33. The number of anilines is 1. The summed E-state index contributed by atoms with van der Waals surface area (Å²) in [5, 5.41) is 0.722. The second kappa shape index (κ2) is 5.35. The molecule has 0 N–H and O–H groups in total. The first-order chi connectivity index (χ1) is 8.93. The summed E-state index contributed by atoms with van der Waals surface area (Å²) in [6.07, 6.45) is 0.104. The highest BCUT2D eigenvalue weighted by Gasteiger charge is 2.37. The summed E-state index contributed by atoms with van der Waals surface area (Å²) >= 11 is 12.0. The molecule has 1 aromatic rings. The van der Waals surface area contributed by atoms with Gasteiger partial charge in [-0.05, 0) is 13.0 Å². The van der Waals surface area contributed by atoms with Gasteiger partial charge in [-0.15, -0.1) is 0 Å². The lowest BCUT2D eigenvalue weighted by Crippen LogP contribution is -2.27. The van der Waals surface area contributed by atoms with E-state index in [2.05, 4.69) is 9.72 Å². The molecule has 1 amide bonds. The maximum Gasteiger partial charge on any atom is 0.311 e. The molecule has 0 spiro atoms. The molecule has 102 valence electrons. The van der Waals surface area contributed by atoms with Gasteiger partial charge in [0.2, 0.25) is 5.91 Å². The van der Waals surface area contributed by atoms with Crippen LogP contribution in [-0.4, -0.2) is 30.5 Å². The molecule has 0 aromatic carbocycles. The van der Waals surface area contributed by atoms with Crippen molar-refractivity contribution in [3.8, 4) is 0 Å². The van der Waals surface area contributed by atoms with Gasteiger partial charge in [0, 0.05) is 13.0 Å².